The zero-order chi connectivity index (χ0) is 14.2. The van der Waals surface area contributed by atoms with E-state index >= 15 is 0 Å². The highest BCUT2D eigenvalue weighted by atomic mass is 35.5. The monoisotopic (exact) mass is 339 g/mol. The molecule has 116 valence electrons. The van der Waals surface area contributed by atoms with Crippen molar-refractivity contribution in [3.05, 3.63) is 18.6 Å². The first kappa shape index (κ1) is 16.2. The van der Waals surface area contributed by atoms with Crippen LogP contribution in [0.25, 0.3) is 5.65 Å². The van der Waals surface area contributed by atoms with Gasteiger partial charge in [-0.15, -0.1) is 12.4 Å². The number of nitrogens with zero attached hydrogens (tertiary/aromatic N) is 4. The predicted molar refractivity (Wildman–Crippen MR) is 77.2 cm³/mol. The number of hydrogen-bond acceptors (Lipinski definition) is 5. The Hall–Kier alpha value is -1.19. The summed E-state index contributed by atoms with van der Waals surface area (Å²) >= 11 is -0.166. The molecule has 1 N–H and O–H groups in total. The first-order valence-corrected chi connectivity index (χ1v) is 6.89. The summed E-state index contributed by atoms with van der Waals surface area (Å²) in [7, 11) is 0. The minimum atomic E-state index is -4.32. The first-order valence-electron chi connectivity index (χ1n) is 6.07. The lowest BCUT2D eigenvalue weighted by atomic mass is 10.3. The van der Waals surface area contributed by atoms with Gasteiger partial charge in [0.15, 0.2) is 5.65 Å². The summed E-state index contributed by atoms with van der Waals surface area (Å²) in [5.74, 6) is 0.668. The van der Waals surface area contributed by atoms with Crippen LogP contribution < -0.4 is 10.2 Å². The van der Waals surface area contributed by atoms with Crippen LogP contribution in [0.3, 0.4) is 0 Å². The Bertz CT molecular complexity index is 611. The second kappa shape index (κ2) is 6.29. The Morgan fingerprint density at radius 1 is 1.14 bits per heavy atom. The van der Waals surface area contributed by atoms with Gasteiger partial charge in [-0.2, -0.15) is 13.2 Å². The normalized spacial score (nSPS) is 16.0. The molecule has 0 atom stereocenters. The quantitative estimate of drug-likeness (QED) is 0.850. The molecule has 21 heavy (non-hydrogen) atoms. The van der Waals surface area contributed by atoms with E-state index in [-0.39, 0.29) is 29.2 Å². The SMILES string of the molecule is Cl.FC(F)(F)Sc1cnc2cnc(N3CCNCC3)cn12. The van der Waals surface area contributed by atoms with Crippen LogP contribution in [0.2, 0.25) is 0 Å². The van der Waals surface area contributed by atoms with Crippen LogP contribution in [0.4, 0.5) is 19.0 Å². The molecule has 0 spiro atoms. The summed E-state index contributed by atoms with van der Waals surface area (Å²) in [6.07, 6.45) is 4.33. The topological polar surface area (TPSA) is 45.5 Å². The van der Waals surface area contributed by atoms with Gasteiger partial charge >= 0.3 is 5.51 Å². The molecule has 1 aliphatic rings. The van der Waals surface area contributed by atoms with Crippen LogP contribution in [0.5, 0.6) is 0 Å². The lowest BCUT2D eigenvalue weighted by Gasteiger charge is -2.28. The van der Waals surface area contributed by atoms with E-state index < -0.39 is 5.51 Å². The second-order valence-corrected chi connectivity index (χ2v) is 5.44. The fourth-order valence-corrected chi connectivity index (χ4v) is 2.70. The zero-order valence-electron chi connectivity index (χ0n) is 10.8. The number of fused-ring (bicyclic) bond motifs is 1. The van der Waals surface area contributed by atoms with Crippen LogP contribution in [-0.2, 0) is 0 Å². The van der Waals surface area contributed by atoms with Crippen LogP contribution in [0.15, 0.2) is 23.6 Å². The average molecular weight is 340 g/mol. The average Bonchev–Trinajstić information content (AvgIpc) is 2.80. The van der Waals surface area contributed by atoms with E-state index in [0.29, 0.717) is 11.5 Å². The maximum atomic E-state index is 12.5. The van der Waals surface area contributed by atoms with Gasteiger partial charge in [0.2, 0.25) is 0 Å². The molecule has 2 aromatic rings. The predicted octanol–water partition coefficient (Wildman–Crippen LogP) is 2.17. The molecule has 0 radical (unpaired) electrons. The van der Waals surface area contributed by atoms with Crippen LogP contribution >= 0.6 is 24.2 Å². The number of halogens is 4. The lowest BCUT2D eigenvalue weighted by Crippen LogP contribution is -2.44. The maximum Gasteiger partial charge on any atom is 0.447 e. The number of aromatic nitrogens is 3. The number of imidazole rings is 1. The van der Waals surface area contributed by atoms with Gasteiger partial charge < -0.3 is 10.2 Å². The highest BCUT2D eigenvalue weighted by Gasteiger charge is 2.31. The van der Waals surface area contributed by atoms with Gasteiger partial charge in [-0.1, -0.05) is 0 Å². The Balaban J connectivity index is 0.00000161. The number of rotatable bonds is 2. The van der Waals surface area contributed by atoms with E-state index in [4.69, 9.17) is 0 Å². The maximum absolute atomic E-state index is 12.5. The molecule has 0 aliphatic carbocycles. The highest BCUT2D eigenvalue weighted by molar-refractivity contribution is 8.00. The molecule has 0 aromatic carbocycles. The summed E-state index contributed by atoms with van der Waals surface area (Å²) in [6, 6.07) is 0. The minimum absolute atomic E-state index is 0. The molecule has 0 bridgehead atoms. The Labute approximate surface area is 129 Å². The van der Waals surface area contributed by atoms with E-state index in [9.17, 15) is 13.2 Å². The summed E-state index contributed by atoms with van der Waals surface area (Å²) in [6.45, 7) is 3.26. The van der Waals surface area contributed by atoms with Crippen molar-refractivity contribution < 1.29 is 13.2 Å². The molecule has 1 aliphatic heterocycles. The molecular formula is C11H13ClF3N5S. The minimum Gasteiger partial charge on any atom is -0.353 e. The molecule has 1 fully saturated rings. The molecule has 3 heterocycles. The molecule has 10 heteroatoms. The molecule has 2 aromatic heterocycles. The number of anilines is 1. The van der Waals surface area contributed by atoms with Gasteiger partial charge in [0.05, 0.1) is 18.6 Å². The van der Waals surface area contributed by atoms with Gasteiger partial charge in [-0.3, -0.25) is 4.40 Å². The number of thioether (sulfide) groups is 1. The van der Waals surface area contributed by atoms with Crippen molar-refractivity contribution in [1.29, 1.82) is 0 Å². The smallest absolute Gasteiger partial charge is 0.353 e. The summed E-state index contributed by atoms with van der Waals surface area (Å²) < 4.78 is 38.9. The van der Waals surface area contributed by atoms with Crippen molar-refractivity contribution >= 4 is 35.6 Å². The van der Waals surface area contributed by atoms with E-state index in [1.54, 1.807) is 6.20 Å². The van der Waals surface area contributed by atoms with E-state index in [1.807, 2.05) is 4.90 Å². The molecule has 0 saturated carbocycles. The van der Waals surface area contributed by atoms with Gasteiger partial charge in [-0.05, 0) is 0 Å². The largest absolute Gasteiger partial charge is 0.447 e. The van der Waals surface area contributed by atoms with Gasteiger partial charge in [0.1, 0.15) is 10.8 Å². The second-order valence-electron chi connectivity index (χ2n) is 4.35. The van der Waals surface area contributed by atoms with E-state index in [2.05, 4.69) is 15.3 Å². The number of alkyl halides is 3. The zero-order valence-corrected chi connectivity index (χ0v) is 12.4. The van der Waals surface area contributed by atoms with Crippen molar-refractivity contribution in [2.45, 2.75) is 10.5 Å². The van der Waals surface area contributed by atoms with Crippen molar-refractivity contribution in [1.82, 2.24) is 19.7 Å². The lowest BCUT2D eigenvalue weighted by molar-refractivity contribution is -0.0329. The number of hydrogen-bond donors (Lipinski definition) is 1. The number of nitrogens with one attached hydrogen (secondary N) is 1. The summed E-state index contributed by atoms with van der Waals surface area (Å²) in [4.78, 5) is 10.2. The molecule has 0 amide bonds. The fourth-order valence-electron chi connectivity index (χ4n) is 2.11. The third-order valence-electron chi connectivity index (χ3n) is 3.01. The van der Waals surface area contributed by atoms with Gasteiger partial charge in [0, 0.05) is 37.9 Å². The fraction of sp³-hybridized carbons (Fsp3) is 0.455. The summed E-state index contributed by atoms with van der Waals surface area (Å²) in [5, 5.41) is 3.27. The first-order chi connectivity index (χ1) is 9.53. The molecular weight excluding hydrogens is 327 g/mol. The molecule has 3 rings (SSSR count). The van der Waals surface area contributed by atoms with Crippen molar-refractivity contribution in [2.24, 2.45) is 0 Å². The van der Waals surface area contributed by atoms with E-state index in [0.717, 1.165) is 26.2 Å². The van der Waals surface area contributed by atoms with Crippen LogP contribution in [0, 0.1) is 0 Å². The molecule has 1 saturated heterocycles. The third-order valence-corrected chi connectivity index (χ3v) is 3.75. The summed E-state index contributed by atoms with van der Waals surface area (Å²) in [5.41, 5.74) is -3.91. The Morgan fingerprint density at radius 2 is 1.86 bits per heavy atom. The van der Waals surface area contributed by atoms with Crippen molar-refractivity contribution in [3.8, 4) is 0 Å². The number of piperazine rings is 1. The standard InChI is InChI=1S/C11H12F3N5S.ClH/c12-11(13,14)20-10-6-17-8-5-16-9(7-19(8)10)18-3-1-15-2-4-18;/h5-7,15H,1-4H2;1H. The Kier molecular flexibility index (Phi) is 4.84. The highest BCUT2D eigenvalue weighted by Crippen LogP contribution is 2.37. The van der Waals surface area contributed by atoms with Gasteiger partial charge in [0.25, 0.3) is 0 Å². The van der Waals surface area contributed by atoms with Crippen molar-refractivity contribution in [3.63, 3.8) is 0 Å². The van der Waals surface area contributed by atoms with E-state index in [1.165, 1.54) is 16.8 Å². The van der Waals surface area contributed by atoms with Gasteiger partial charge in [-0.25, -0.2) is 9.97 Å². The van der Waals surface area contributed by atoms with Crippen LogP contribution in [-0.4, -0.2) is 46.1 Å². The van der Waals surface area contributed by atoms with Crippen molar-refractivity contribution in [2.75, 3.05) is 31.1 Å². The molecule has 0 unspecified atom stereocenters. The van der Waals surface area contributed by atoms with Crippen LogP contribution in [0.1, 0.15) is 0 Å². The third kappa shape index (κ3) is 3.72. The Morgan fingerprint density at radius 3 is 2.52 bits per heavy atom. The molecule has 5 nitrogen and oxygen atoms in total.